The summed E-state index contributed by atoms with van der Waals surface area (Å²) in [6, 6.07) is 14.0. The molecule has 2 aromatic heterocycles. The third-order valence-electron chi connectivity index (χ3n) is 6.60. The molecule has 1 fully saturated rings. The summed E-state index contributed by atoms with van der Waals surface area (Å²) >= 11 is 1.58. The zero-order valence-electron chi connectivity index (χ0n) is 20.4. The highest BCUT2D eigenvalue weighted by Crippen LogP contribution is 2.28. The Kier molecular flexibility index (Phi) is 6.81. The number of ether oxygens (including phenoxy) is 1. The van der Waals surface area contributed by atoms with Crippen molar-refractivity contribution in [3.05, 3.63) is 76.4 Å². The molecule has 0 spiro atoms. The van der Waals surface area contributed by atoms with E-state index in [1.165, 1.54) is 0 Å². The monoisotopic (exact) mass is 509 g/mol. The summed E-state index contributed by atoms with van der Waals surface area (Å²) in [4.78, 5) is 6.11. The van der Waals surface area contributed by atoms with Crippen molar-refractivity contribution in [2.24, 2.45) is 0 Å². The van der Waals surface area contributed by atoms with Crippen molar-refractivity contribution >= 4 is 26.3 Å². The van der Waals surface area contributed by atoms with Crippen molar-refractivity contribution < 1.29 is 13.2 Å². The first-order chi connectivity index (χ1) is 16.8. The average Bonchev–Trinajstić information content (AvgIpc) is 3.54. The minimum Gasteiger partial charge on any atom is -0.377 e. The van der Waals surface area contributed by atoms with Crippen LogP contribution in [0.5, 0.6) is 0 Å². The van der Waals surface area contributed by atoms with Gasteiger partial charge in [-0.2, -0.15) is 4.31 Å². The lowest BCUT2D eigenvalue weighted by molar-refractivity contribution is 0.0939. The van der Waals surface area contributed by atoms with E-state index in [-0.39, 0.29) is 6.10 Å². The van der Waals surface area contributed by atoms with Crippen LogP contribution in [0.4, 0.5) is 0 Å². The third-order valence-corrected chi connectivity index (χ3v) is 9.66. The molecule has 0 saturated carbocycles. The molecule has 0 bridgehead atoms. The first kappa shape index (κ1) is 24.2. The maximum atomic E-state index is 13.9. The van der Waals surface area contributed by atoms with E-state index >= 15 is 0 Å². The summed E-state index contributed by atoms with van der Waals surface area (Å²) in [6.07, 6.45) is 4.45. The molecule has 0 amide bonds. The Morgan fingerprint density at radius 2 is 1.89 bits per heavy atom. The average molecular weight is 510 g/mol. The highest BCUT2D eigenvalue weighted by Gasteiger charge is 2.31. The number of hydrogen-bond donors (Lipinski definition) is 0. The summed E-state index contributed by atoms with van der Waals surface area (Å²) in [5.74, 6) is 0. The molecule has 0 radical (unpaired) electrons. The van der Waals surface area contributed by atoms with Crippen molar-refractivity contribution in [1.82, 2.24) is 13.7 Å². The predicted molar refractivity (Wildman–Crippen MR) is 141 cm³/mol. The molecule has 184 valence electrons. The van der Waals surface area contributed by atoms with E-state index in [2.05, 4.69) is 9.78 Å². The molecular formula is C27H31N3O3S2. The number of sulfonamides is 1. The Morgan fingerprint density at radius 3 is 2.57 bits per heavy atom. The highest BCUT2D eigenvalue weighted by atomic mass is 32.2. The van der Waals surface area contributed by atoms with Gasteiger partial charge >= 0.3 is 0 Å². The zero-order valence-corrected chi connectivity index (χ0v) is 22.0. The number of thiazole rings is 1. The lowest BCUT2D eigenvalue weighted by Gasteiger charge is -2.26. The second-order valence-corrected chi connectivity index (χ2v) is 12.1. The number of imidazole rings is 1. The van der Waals surface area contributed by atoms with Gasteiger partial charge in [0.05, 0.1) is 16.7 Å². The molecule has 35 heavy (non-hydrogen) atoms. The van der Waals surface area contributed by atoms with E-state index in [1.807, 2.05) is 69.4 Å². The summed E-state index contributed by atoms with van der Waals surface area (Å²) in [7, 11) is -3.68. The summed E-state index contributed by atoms with van der Waals surface area (Å²) in [6.45, 7) is 7.23. The van der Waals surface area contributed by atoms with Gasteiger partial charge in [0.1, 0.15) is 0 Å². The van der Waals surface area contributed by atoms with Crippen molar-refractivity contribution in [3.8, 4) is 11.3 Å². The molecule has 2 aromatic carbocycles. The van der Waals surface area contributed by atoms with Crippen LogP contribution in [0.2, 0.25) is 0 Å². The van der Waals surface area contributed by atoms with Gasteiger partial charge in [0.2, 0.25) is 10.0 Å². The quantitative estimate of drug-likeness (QED) is 0.319. The number of nitrogens with zero attached hydrogens (tertiary/aromatic N) is 3. The van der Waals surface area contributed by atoms with Gasteiger partial charge < -0.3 is 4.74 Å². The van der Waals surface area contributed by atoms with Crippen LogP contribution in [0.1, 0.15) is 35.2 Å². The van der Waals surface area contributed by atoms with Crippen LogP contribution >= 0.6 is 11.3 Å². The van der Waals surface area contributed by atoms with Gasteiger partial charge in [-0.25, -0.2) is 13.4 Å². The van der Waals surface area contributed by atoms with Crippen LogP contribution in [0.15, 0.2) is 58.9 Å². The fourth-order valence-electron chi connectivity index (χ4n) is 5.02. The van der Waals surface area contributed by atoms with E-state index in [1.54, 1.807) is 15.6 Å². The molecule has 1 aliphatic rings. The largest absolute Gasteiger partial charge is 0.377 e. The van der Waals surface area contributed by atoms with E-state index < -0.39 is 10.0 Å². The Morgan fingerprint density at radius 1 is 1.14 bits per heavy atom. The third kappa shape index (κ3) is 4.93. The van der Waals surface area contributed by atoms with E-state index in [0.29, 0.717) is 31.0 Å². The zero-order chi connectivity index (χ0) is 24.6. The highest BCUT2D eigenvalue weighted by molar-refractivity contribution is 7.89. The first-order valence-corrected chi connectivity index (χ1v) is 14.4. The van der Waals surface area contributed by atoms with Crippen molar-refractivity contribution in [2.75, 3.05) is 19.7 Å². The Labute approximate surface area is 211 Å². The van der Waals surface area contributed by atoms with Crippen molar-refractivity contribution in [3.63, 3.8) is 0 Å². The number of aromatic nitrogens is 2. The molecule has 4 aromatic rings. The number of fused-ring (bicyclic) bond motifs is 1. The molecule has 1 unspecified atom stereocenters. The van der Waals surface area contributed by atoms with Gasteiger partial charge in [0.25, 0.3) is 0 Å². The van der Waals surface area contributed by atoms with E-state index in [0.717, 1.165) is 51.4 Å². The fraction of sp³-hybridized carbons (Fsp3) is 0.370. The molecule has 0 N–H and O–H groups in total. The number of hydrogen-bond acceptors (Lipinski definition) is 5. The molecule has 8 heteroatoms. The molecule has 3 heterocycles. The Balaban J connectivity index is 1.44. The lowest BCUT2D eigenvalue weighted by atomic mass is 10.1. The smallest absolute Gasteiger partial charge is 0.243 e. The Hall–Kier alpha value is -2.52. The molecule has 5 rings (SSSR count). The van der Waals surface area contributed by atoms with Gasteiger partial charge in [-0.15, -0.1) is 11.3 Å². The fourth-order valence-corrected chi connectivity index (χ4v) is 7.82. The lowest BCUT2D eigenvalue weighted by Crippen LogP contribution is -2.39. The van der Waals surface area contributed by atoms with Crippen LogP contribution in [0.3, 0.4) is 0 Å². The molecule has 1 aliphatic heterocycles. The van der Waals surface area contributed by atoms with E-state index in [4.69, 9.17) is 9.72 Å². The standard InChI is InChI=1S/C27H31N3O3S2/c1-19-14-20(2)26(21(3)15-19)35(31,32)29(16-24-10-7-13-33-24)12-11-23-18-34-27-28-25(17-30(23)27)22-8-5-4-6-9-22/h4-6,8-9,14-15,17-18,24H,7,10-13,16H2,1-3H3. The summed E-state index contributed by atoms with van der Waals surface area (Å²) < 4.78 is 37.4. The maximum Gasteiger partial charge on any atom is 0.243 e. The van der Waals surface area contributed by atoms with Gasteiger partial charge in [0, 0.05) is 49.0 Å². The molecule has 0 aliphatic carbocycles. The first-order valence-electron chi connectivity index (χ1n) is 12.0. The minimum absolute atomic E-state index is 0.0590. The second-order valence-electron chi connectivity index (χ2n) is 9.35. The van der Waals surface area contributed by atoms with Gasteiger partial charge in [-0.3, -0.25) is 4.40 Å². The number of benzene rings is 2. The van der Waals surface area contributed by atoms with Crippen LogP contribution in [-0.2, 0) is 21.2 Å². The number of rotatable bonds is 8. The SMILES string of the molecule is Cc1cc(C)c(S(=O)(=O)N(CCc2csc3nc(-c4ccccc4)cn23)CC2CCCO2)c(C)c1. The maximum absolute atomic E-state index is 13.9. The van der Waals surface area contributed by atoms with Gasteiger partial charge in [0.15, 0.2) is 4.96 Å². The molecule has 1 saturated heterocycles. The van der Waals surface area contributed by atoms with Gasteiger partial charge in [-0.05, 0) is 44.7 Å². The topological polar surface area (TPSA) is 63.9 Å². The van der Waals surface area contributed by atoms with Crippen molar-refractivity contribution in [1.29, 1.82) is 0 Å². The number of aryl methyl sites for hydroxylation is 3. The van der Waals surface area contributed by atoms with E-state index in [9.17, 15) is 8.42 Å². The van der Waals surface area contributed by atoms with Crippen molar-refractivity contribution in [2.45, 2.75) is 51.0 Å². The molecule has 1 atom stereocenters. The van der Waals surface area contributed by atoms with Gasteiger partial charge in [-0.1, -0.05) is 48.0 Å². The van der Waals surface area contributed by atoms with Crippen LogP contribution in [0, 0.1) is 20.8 Å². The minimum atomic E-state index is -3.68. The molecule has 6 nitrogen and oxygen atoms in total. The summed E-state index contributed by atoms with van der Waals surface area (Å²) in [5, 5.41) is 2.08. The predicted octanol–water partition coefficient (Wildman–Crippen LogP) is 5.40. The molecular weight excluding hydrogens is 478 g/mol. The second kappa shape index (κ2) is 9.85. The van der Waals surface area contributed by atoms with Crippen LogP contribution < -0.4 is 0 Å². The summed E-state index contributed by atoms with van der Waals surface area (Å²) in [5.41, 5.74) is 5.71. The van der Waals surface area contributed by atoms with Crippen LogP contribution in [0.25, 0.3) is 16.2 Å². The Bertz CT molecular complexity index is 1410. The van der Waals surface area contributed by atoms with Crippen LogP contribution in [-0.4, -0.2) is 47.9 Å². The normalized spacial score (nSPS) is 16.5.